The smallest absolute Gasteiger partial charge is 0.271 e. The predicted molar refractivity (Wildman–Crippen MR) is 83.1 cm³/mol. The number of rotatable bonds is 5. The van der Waals surface area contributed by atoms with Crippen LogP contribution < -0.4 is 5.32 Å². The van der Waals surface area contributed by atoms with Gasteiger partial charge < -0.3 is 14.8 Å². The molecule has 1 amide bonds. The molecule has 0 aliphatic heterocycles. The molecule has 21 heavy (non-hydrogen) atoms. The van der Waals surface area contributed by atoms with Crippen molar-refractivity contribution in [3.05, 3.63) is 53.6 Å². The van der Waals surface area contributed by atoms with E-state index >= 15 is 0 Å². The summed E-state index contributed by atoms with van der Waals surface area (Å²) in [6.07, 6.45) is 3.34. The Morgan fingerprint density at radius 2 is 2.00 bits per heavy atom. The van der Waals surface area contributed by atoms with Crippen LogP contribution in [-0.2, 0) is 7.05 Å². The van der Waals surface area contributed by atoms with E-state index in [9.17, 15) is 4.79 Å². The second-order valence-corrected chi connectivity index (χ2v) is 5.52. The molecule has 1 aromatic carbocycles. The van der Waals surface area contributed by atoms with Crippen LogP contribution >= 0.6 is 0 Å². The summed E-state index contributed by atoms with van der Waals surface area (Å²) < 4.78 is 1.76. The van der Waals surface area contributed by atoms with Gasteiger partial charge in [0.25, 0.3) is 5.91 Å². The zero-order valence-electron chi connectivity index (χ0n) is 13.0. The largest absolute Gasteiger partial charge is 0.349 e. The molecule has 5 nitrogen and oxygen atoms in total. The lowest BCUT2D eigenvalue weighted by Crippen LogP contribution is -2.34. The van der Waals surface area contributed by atoms with E-state index in [4.69, 9.17) is 0 Å². The molecule has 1 heterocycles. The zero-order valence-corrected chi connectivity index (χ0v) is 13.0. The first-order chi connectivity index (χ1) is 9.97. The first-order valence-electron chi connectivity index (χ1n) is 6.96. The summed E-state index contributed by atoms with van der Waals surface area (Å²) in [5, 5.41) is 2.95. The van der Waals surface area contributed by atoms with Crippen LogP contribution in [0.4, 0.5) is 0 Å². The molecule has 0 spiro atoms. The lowest BCUT2D eigenvalue weighted by Gasteiger charge is -2.25. The van der Waals surface area contributed by atoms with E-state index in [2.05, 4.69) is 46.4 Å². The lowest BCUT2D eigenvalue weighted by atomic mass is 10.0. The summed E-state index contributed by atoms with van der Waals surface area (Å²) in [6, 6.07) is 8.52. The molecule has 0 fully saturated rings. The number of nitrogens with one attached hydrogen (secondary N) is 1. The minimum Gasteiger partial charge on any atom is -0.349 e. The highest BCUT2D eigenvalue weighted by atomic mass is 16.1. The number of aryl methyl sites for hydroxylation is 2. The van der Waals surface area contributed by atoms with E-state index in [1.165, 1.54) is 11.1 Å². The Hall–Kier alpha value is -2.14. The van der Waals surface area contributed by atoms with E-state index in [1.807, 2.05) is 21.1 Å². The fourth-order valence-corrected chi connectivity index (χ4v) is 2.20. The van der Waals surface area contributed by atoms with E-state index in [0.717, 1.165) is 0 Å². The number of imidazole rings is 1. The van der Waals surface area contributed by atoms with Gasteiger partial charge in [0.1, 0.15) is 5.69 Å². The average molecular weight is 286 g/mol. The van der Waals surface area contributed by atoms with Crippen LogP contribution in [0.15, 0.2) is 36.8 Å². The van der Waals surface area contributed by atoms with Crippen molar-refractivity contribution in [2.45, 2.75) is 13.0 Å². The highest BCUT2D eigenvalue weighted by Crippen LogP contribution is 2.18. The summed E-state index contributed by atoms with van der Waals surface area (Å²) >= 11 is 0. The van der Waals surface area contributed by atoms with E-state index < -0.39 is 0 Å². The highest BCUT2D eigenvalue weighted by molar-refractivity contribution is 5.92. The van der Waals surface area contributed by atoms with Gasteiger partial charge in [0, 0.05) is 19.8 Å². The van der Waals surface area contributed by atoms with E-state index in [0.29, 0.717) is 12.2 Å². The molecular weight excluding hydrogens is 264 g/mol. The Balaban J connectivity index is 2.03. The van der Waals surface area contributed by atoms with Gasteiger partial charge in [0.2, 0.25) is 0 Å². The van der Waals surface area contributed by atoms with Crippen molar-refractivity contribution in [1.29, 1.82) is 0 Å². The number of carbonyl (C=O) groups excluding carboxylic acids is 1. The minimum absolute atomic E-state index is 0.137. The molecule has 1 aromatic heterocycles. The number of aromatic nitrogens is 2. The van der Waals surface area contributed by atoms with Crippen LogP contribution in [-0.4, -0.2) is 41.0 Å². The third kappa shape index (κ3) is 3.92. The van der Waals surface area contributed by atoms with Crippen molar-refractivity contribution in [2.75, 3.05) is 20.6 Å². The van der Waals surface area contributed by atoms with Gasteiger partial charge in [-0.25, -0.2) is 4.98 Å². The van der Waals surface area contributed by atoms with Crippen LogP contribution in [0.25, 0.3) is 0 Å². The Morgan fingerprint density at radius 3 is 2.52 bits per heavy atom. The number of hydrogen-bond donors (Lipinski definition) is 1. The molecule has 5 heteroatoms. The lowest BCUT2D eigenvalue weighted by molar-refractivity contribution is 0.0937. The van der Waals surface area contributed by atoms with Gasteiger partial charge in [0.15, 0.2) is 0 Å². The molecule has 0 saturated heterocycles. The molecular formula is C16H22N4O. The van der Waals surface area contributed by atoms with Crippen molar-refractivity contribution in [3.8, 4) is 0 Å². The second-order valence-electron chi connectivity index (χ2n) is 5.52. The minimum atomic E-state index is -0.144. The fourth-order valence-electron chi connectivity index (χ4n) is 2.20. The Morgan fingerprint density at radius 1 is 1.33 bits per heavy atom. The van der Waals surface area contributed by atoms with Gasteiger partial charge in [-0.3, -0.25) is 4.79 Å². The van der Waals surface area contributed by atoms with Gasteiger partial charge in [-0.05, 0) is 26.6 Å². The third-order valence-corrected chi connectivity index (χ3v) is 3.48. The molecule has 1 unspecified atom stereocenters. The fraction of sp³-hybridized carbons (Fsp3) is 0.375. The number of likely N-dealkylation sites (N-methyl/N-ethyl adjacent to an activating group) is 1. The van der Waals surface area contributed by atoms with Gasteiger partial charge in [-0.1, -0.05) is 29.8 Å². The monoisotopic (exact) mass is 286 g/mol. The first-order valence-corrected chi connectivity index (χ1v) is 6.96. The van der Waals surface area contributed by atoms with E-state index in [-0.39, 0.29) is 11.9 Å². The molecule has 1 atom stereocenters. The molecule has 2 rings (SSSR count). The molecule has 0 saturated carbocycles. The topological polar surface area (TPSA) is 50.2 Å². The van der Waals surface area contributed by atoms with Crippen LogP contribution in [0, 0.1) is 6.92 Å². The van der Waals surface area contributed by atoms with Crippen molar-refractivity contribution in [2.24, 2.45) is 7.05 Å². The molecule has 2 aromatic rings. The number of hydrogen-bond acceptors (Lipinski definition) is 3. The quantitative estimate of drug-likeness (QED) is 0.911. The summed E-state index contributed by atoms with van der Waals surface area (Å²) in [7, 11) is 5.87. The predicted octanol–water partition coefficient (Wildman–Crippen LogP) is 1.76. The molecule has 1 N–H and O–H groups in total. The summed E-state index contributed by atoms with van der Waals surface area (Å²) in [4.78, 5) is 18.2. The van der Waals surface area contributed by atoms with Crippen LogP contribution in [0.2, 0.25) is 0 Å². The Labute approximate surface area is 125 Å². The number of amides is 1. The van der Waals surface area contributed by atoms with Crippen LogP contribution in [0.1, 0.15) is 27.7 Å². The standard InChI is InChI=1S/C16H22N4O/c1-12-5-7-13(8-6-12)15(19(2)3)9-17-16(21)14-10-20(4)11-18-14/h5-8,10-11,15H,9H2,1-4H3,(H,17,21). The average Bonchev–Trinajstić information content (AvgIpc) is 2.87. The maximum atomic E-state index is 12.1. The summed E-state index contributed by atoms with van der Waals surface area (Å²) in [5.41, 5.74) is 2.86. The number of nitrogens with zero attached hydrogens (tertiary/aromatic N) is 3. The van der Waals surface area contributed by atoms with Gasteiger partial charge in [0.05, 0.1) is 12.4 Å². The Bertz CT molecular complexity index is 601. The molecule has 0 aliphatic carbocycles. The normalized spacial score (nSPS) is 12.4. The zero-order chi connectivity index (χ0) is 15.4. The van der Waals surface area contributed by atoms with Gasteiger partial charge in [-0.15, -0.1) is 0 Å². The SMILES string of the molecule is Cc1ccc(C(CNC(=O)c2cn(C)cn2)N(C)C)cc1. The van der Waals surface area contributed by atoms with Gasteiger partial charge >= 0.3 is 0 Å². The molecule has 0 bridgehead atoms. The van der Waals surface area contributed by atoms with Crippen LogP contribution in [0.3, 0.4) is 0 Å². The Kier molecular flexibility index (Phi) is 4.75. The van der Waals surface area contributed by atoms with Crippen molar-refractivity contribution < 1.29 is 4.79 Å². The molecule has 0 aliphatic rings. The number of benzene rings is 1. The van der Waals surface area contributed by atoms with E-state index in [1.54, 1.807) is 17.1 Å². The maximum absolute atomic E-state index is 12.1. The third-order valence-electron chi connectivity index (χ3n) is 3.48. The summed E-state index contributed by atoms with van der Waals surface area (Å²) in [6.45, 7) is 2.61. The first kappa shape index (κ1) is 15.3. The number of carbonyl (C=O) groups is 1. The van der Waals surface area contributed by atoms with Crippen molar-refractivity contribution in [3.63, 3.8) is 0 Å². The van der Waals surface area contributed by atoms with Crippen molar-refractivity contribution >= 4 is 5.91 Å². The van der Waals surface area contributed by atoms with Crippen molar-refractivity contribution in [1.82, 2.24) is 19.8 Å². The highest BCUT2D eigenvalue weighted by Gasteiger charge is 2.16. The van der Waals surface area contributed by atoms with Gasteiger partial charge in [-0.2, -0.15) is 0 Å². The maximum Gasteiger partial charge on any atom is 0.271 e. The molecule has 0 radical (unpaired) electrons. The van der Waals surface area contributed by atoms with Crippen LogP contribution in [0.5, 0.6) is 0 Å². The second kappa shape index (κ2) is 6.54. The molecule has 112 valence electrons. The summed E-state index contributed by atoms with van der Waals surface area (Å²) in [5.74, 6) is -0.144.